The number of oxazole rings is 1. The molecular formula is C16H20N2O. The van der Waals surface area contributed by atoms with E-state index in [9.17, 15) is 0 Å². The van der Waals surface area contributed by atoms with Crippen molar-refractivity contribution in [2.45, 2.75) is 25.7 Å². The van der Waals surface area contributed by atoms with Crippen LogP contribution in [-0.4, -0.2) is 18.1 Å². The van der Waals surface area contributed by atoms with Gasteiger partial charge in [0, 0.05) is 12.8 Å². The summed E-state index contributed by atoms with van der Waals surface area (Å²) in [5, 5.41) is 3.39. The summed E-state index contributed by atoms with van der Waals surface area (Å²) in [5.74, 6) is 1.63. The number of nitrogens with one attached hydrogen (secondary N) is 1. The molecule has 0 atom stereocenters. The van der Waals surface area contributed by atoms with Crippen LogP contribution >= 0.6 is 0 Å². The molecule has 0 saturated carbocycles. The second kappa shape index (κ2) is 6.02. The Hall–Kier alpha value is -1.61. The van der Waals surface area contributed by atoms with Gasteiger partial charge in [-0.25, -0.2) is 4.98 Å². The standard InChI is InChI=1S/C16H20N2O/c1-2-4-13(5-3-1)10-15-12-19-16(18-15)11-14-6-8-17-9-7-14/h1-5,12,14,17H,6-11H2. The number of piperidine rings is 1. The predicted molar refractivity (Wildman–Crippen MR) is 75.0 cm³/mol. The van der Waals surface area contributed by atoms with Crippen LogP contribution in [0.4, 0.5) is 0 Å². The molecule has 3 rings (SSSR count). The summed E-state index contributed by atoms with van der Waals surface area (Å²) in [6, 6.07) is 10.4. The SMILES string of the molecule is c1ccc(Cc2coc(CC3CCNCC3)n2)cc1. The number of rotatable bonds is 4. The average molecular weight is 256 g/mol. The highest BCUT2D eigenvalue weighted by Gasteiger charge is 2.16. The van der Waals surface area contributed by atoms with Crippen LogP contribution in [0.5, 0.6) is 0 Å². The lowest BCUT2D eigenvalue weighted by Crippen LogP contribution is -2.28. The van der Waals surface area contributed by atoms with Crippen molar-refractivity contribution in [2.75, 3.05) is 13.1 Å². The first-order valence-electron chi connectivity index (χ1n) is 7.08. The van der Waals surface area contributed by atoms with E-state index in [1.807, 2.05) is 12.3 Å². The summed E-state index contributed by atoms with van der Waals surface area (Å²) >= 11 is 0. The average Bonchev–Trinajstić information content (AvgIpc) is 2.88. The van der Waals surface area contributed by atoms with Crippen LogP contribution in [0.3, 0.4) is 0 Å². The van der Waals surface area contributed by atoms with Gasteiger partial charge in [-0.2, -0.15) is 0 Å². The van der Waals surface area contributed by atoms with Gasteiger partial charge in [0.25, 0.3) is 0 Å². The molecule has 2 aromatic rings. The van der Waals surface area contributed by atoms with Crippen molar-refractivity contribution in [3.8, 4) is 0 Å². The highest BCUT2D eigenvalue weighted by atomic mass is 16.3. The highest BCUT2D eigenvalue weighted by molar-refractivity contribution is 5.20. The molecule has 0 unspecified atom stereocenters. The zero-order chi connectivity index (χ0) is 12.9. The largest absolute Gasteiger partial charge is 0.449 e. The van der Waals surface area contributed by atoms with Crippen LogP contribution in [0, 0.1) is 5.92 Å². The van der Waals surface area contributed by atoms with Gasteiger partial charge in [0.05, 0.1) is 5.69 Å². The van der Waals surface area contributed by atoms with Crippen LogP contribution in [0.2, 0.25) is 0 Å². The molecule has 19 heavy (non-hydrogen) atoms. The number of benzene rings is 1. The third kappa shape index (κ3) is 3.44. The van der Waals surface area contributed by atoms with Gasteiger partial charge in [-0.05, 0) is 37.4 Å². The fourth-order valence-corrected chi connectivity index (χ4v) is 2.66. The lowest BCUT2D eigenvalue weighted by atomic mass is 9.95. The van der Waals surface area contributed by atoms with E-state index in [-0.39, 0.29) is 0 Å². The monoisotopic (exact) mass is 256 g/mol. The maximum atomic E-state index is 5.61. The first-order chi connectivity index (χ1) is 9.40. The number of nitrogens with zero attached hydrogens (tertiary/aromatic N) is 1. The first-order valence-corrected chi connectivity index (χ1v) is 7.08. The Balaban J connectivity index is 1.59. The predicted octanol–water partition coefficient (Wildman–Crippen LogP) is 2.81. The van der Waals surface area contributed by atoms with Crippen LogP contribution < -0.4 is 5.32 Å². The molecule has 0 spiro atoms. The van der Waals surface area contributed by atoms with Gasteiger partial charge in [-0.15, -0.1) is 0 Å². The Morgan fingerprint density at radius 2 is 1.95 bits per heavy atom. The van der Waals surface area contributed by atoms with Crippen molar-refractivity contribution in [3.05, 3.63) is 53.7 Å². The maximum Gasteiger partial charge on any atom is 0.194 e. The first kappa shape index (κ1) is 12.4. The molecule has 1 aliphatic heterocycles. The molecule has 3 heteroatoms. The summed E-state index contributed by atoms with van der Waals surface area (Å²) in [6.07, 6.45) is 6.11. The molecule has 0 amide bonds. The number of hydrogen-bond acceptors (Lipinski definition) is 3. The molecule has 1 N–H and O–H groups in total. The van der Waals surface area contributed by atoms with E-state index in [2.05, 4.69) is 34.6 Å². The second-order valence-electron chi connectivity index (χ2n) is 5.29. The third-order valence-corrected chi connectivity index (χ3v) is 3.75. The Kier molecular flexibility index (Phi) is 3.94. The fourth-order valence-electron chi connectivity index (χ4n) is 2.66. The molecule has 1 fully saturated rings. The molecule has 1 saturated heterocycles. The van der Waals surface area contributed by atoms with E-state index in [0.29, 0.717) is 0 Å². The summed E-state index contributed by atoms with van der Waals surface area (Å²) in [4.78, 5) is 4.61. The number of hydrogen-bond donors (Lipinski definition) is 1. The minimum atomic E-state index is 0.726. The smallest absolute Gasteiger partial charge is 0.194 e. The summed E-state index contributed by atoms with van der Waals surface area (Å²) in [5.41, 5.74) is 2.32. The van der Waals surface area contributed by atoms with Gasteiger partial charge in [0.1, 0.15) is 6.26 Å². The maximum absolute atomic E-state index is 5.61. The molecule has 1 aliphatic rings. The van der Waals surface area contributed by atoms with Gasteiger partial charge < -0.3 is 9.73 Å². The van der Waals surface area contributed by atoms with Gasteiger partial charge in [0.2, 0.25) is 0 Å². The Labute approximate surface area is 114 Å². The molecule has 0 radical (unpaired) electrons. The fraction of sp³-hybridized carbons (Fsp3) is 0.438. The van der Waals surface area contributed by atoms with Crippen LogP contribution in [0.1, 0.15) is 30.0 Å². The molecular weight excluding hydrogens is 236 g/mol. The topological polar surface area (TPSA) is 38.1 Å². The molecule has 3 nitrogen and oxygen atoms in total. The minimum Gasteiger partial charge on any atom is -0.449 e. The van der Waals surface area contributed by atoms with E-state index in [1.54, 1.807) is 0 Å². The highest BCUT2D eigenvalue weighted by Crippen LogP contribution is 2.18. The van der Waals surface area contributed by atoms with Crippen LogP contribution in [-0.2, 0) is 12.8 Å². The van der Waals surface area contributed by atoms with Gasteiger partial charge in [-0.3, -0.25) is 0 Å². The molecule has 0 aliphatic carbocycles. The lowest BCUT2D eigenvalue weighted by Gasteiger charge is -2.20. The van der Waals surface area contributed by atoms with Crippen molar-refractivity contribution in [1.82, 2.24) is 10.3 Å². The number of aromatic nitrogens is 1. The van der Waals surface area contributed by atoms with Gasteiger partial charge in [0.15, 0.2) is 5.89 Å². The lowest BCUT2D eigenvalue weighted by molar-refractivity contribution is 0.341. The van der Waals surface area contributed by atoms with Crippen molar-refractivity contribution in [3.63, 3.8) is 0 Å². The Morgan fingerprint density at radius 1 is 1.16 bits per heavy atom. The molecule has 0 bridgehead atoms. The Morgan fingerprint density at radius 3 is 2.74 bits per heavy atom. The molecule has 2 heterocycles. The van der Waals surface area contributed by atoms with Crippen LogP contribution in [0.15, 0.2) is 41.0 Å². The van der Waals surface area contributed by atoms with Gasteiger partial charge >= 0.3 is 0 Å². The second-order valence-corrected chi connectivity index (χ2v) is 5.29. The van der Waals surface area contributed by atoms with Crippen LogP contribution in [0.25, 0.3) is 0 Å². The van der Waals surface area contributed by atoms with Crippen molar-refractivity contribution in [2.24, 2.45) is 5.92 Å². The van der Waals surface area contributed by atoms with Crippen molar-refractivity contribution in [1.29, 1.82) is 0 Å². The van der Waals surface area contributed by atoms with Crippen molar-refractivity contribution < 1.29 is 4.42 Å². The van der Waals surface area contributed by atoms with E-state index in [1.165, 1.54) is 18.4 Å². The van der Waals surface area contributed by atoms with Crippen molar-refractivity contribution >= 4 is 0 Å². The summed E-state index contributed by atoms with van der Waals surface area (Å²) in [7, 11) is 0. The van der Waals surface area contributed by atoms with E-state index in [0.717, 1.165) is 43.4 Å². The quantitative estimate of drug-likeness (QED) is 0.914. The minimum absolute atomic E-state index is 0.726. The van der Waals surface area contributed by atoms with Gasteiger partial charge in [-0.1, -0.05) is 30.3 Å². The zero-order valence-electron chi connectivity index (χ0n) is 11.1. The summed E-state index contributed by atoms with van der Waals surface area (Å²) in [6.45, 7) is 2.25. The molecule has 1 aromatic heterocycles. The summed E-state index contributed by atoms with van der Waals surface area (Å²) < 4.78 is 5.61. The molecule has 1 aromatic carbocycles. The van der Waals surface area contributed by atoms with E-state index < -0.39 is 0 Å². The third-order valence-electron chi connectivity index (χ3n) is 3.75. The van der Waals surface area contributed by atoms with E-state index >= 15 is 0 Å². The Bertz CT molecular complexity index is 500. The zero-order valence-corrected chi connectivity index (χ0v) is 11.1. The molecule has 100 valence electrons. The van der Waals surface area contributed by atoms with E-state index in [4.69, 9.17) is 4.42 Å². The normalized spacial score (nSPS) is 16.6.